The SMILES string of the molecule is Cc1ccc([C@@H](N)[C@@H](O)Cc2ccccc2)cc1C. The Morgan fingerprint density at radius 2 is 1.68 bits per heavy atom. The topological polar surface area (TPSA) is 46.2 Å². The molecule has 100 valence electrons. The Bertz CT molecular complexity index is 536. The zero-order valence-electron chi connectivity index (χ0n) is 11.5. The van der Waals surface area contributed by atoms with Crippen LogP contribution in [-0.2, 0) is 6.42 Å². The van der Waals surface area contributed by atoms with E-state index in [4.69, 9.17) is 5.73 Å². The molecule has 0 heterocycles. The molecule has 0 saturated carbocycles. The van der Waals surface area contributed by atoms with Crippen LogP contribution in [0.3, 0.4) is 0 Å². The van der Waals surface area contributed by atoms with E-state index in [9.17, 15) is 5.11 Å². The van der Waals surface area contributed by atoms with Crippen molar-refractivity contribution >= 4 is 0 Å². The summed E-state index contributed by atoms with van der Waals surface area (Å²) in [5, 5.41) is 10.3. The lowest BCUT2D eigenvalue weighted by molar-refractivity contribution is 0.145. The van der Waals surface area contributed by atoms with E-state index in [1.54, 1.807) is 0 Å². The summed E-state index contributed by atoms with van der Waals surface area (Å²) in [6.07, 6.45) is 0.0130. The van der Waals surface area contributed by atoms with Crippen molar-refractivity contribution in [1.29, 1.82) is 0 Å². The number of aliphatic hydroxyl groups is 1. The molecule has 0 saturated heterocycles. The van der Waals surface area contributed by atoms with Gasteiger partial charge >= 0.3 is 0 Å². The molecule has 3 N–H and O–H groups in total. The molecule has 0 amide bonds. The first-order valence-electron chi connectivity index (χ1n) is 6.62. The van der Waals surface area contributed by atoms with Crippen molar-refractivity contribution in [3.05, 3.63) is 70.8 Å². The lowest BCUT2D eigenvalue weighted by Crippen LogP contribution is -2.28. The van der Waals surface area contributed by atoms with Crippen molar-refractivity contribution in [1.82, 2.24) is 0 Å². The molecule has 0 aliphatic rings. The molecule has 2 heteroatoms. The van der Waals surface area contributed by atoms with E-state index in [0.717, 1.165) is 11.1 Å². The molecule has 0 spiro atoms. The molecule has 0 aliphatic heterocycles. The highest BCUT2D eigenvalue weighted by Gasteiger charge is 2.17. The molecule has 0 radical (unpaired) electrons. The van der Waals surface area contributed by atoms with Crippen LogP contribution in [0, 0.1) is 13.8 Å². The van der Waals surface area contributed by atoms with Gasteiger partial charge in [-0.05, 0) is 36.1 Å². The third-order valence-corrected chi connectivity index (χ3v) is 3.62. The van der Waals surface area contributed by atoms with Crippen molar-refractivity contribution in [3.63, 3.8) is 0 Å². The van der Waals surface area contributed by atoms with Crippen LogP contribution in [0.5, 0.6) is 0 Å². The van der Waals surface area contributed by atoms with Gasteiger partial charge < -0.3 is 10.8 Å². The fraction of sp³-hybridized carbons (Fsp3) is 0.294. The van der Waals surface area contributed by atoms with Gasteiger partial charge in [-0.2, -0.15) is 0 Å². The van der Waals surface area contributed by atoms with Crippen molar-refractivity contribution in [3.8, 4) is 0 Å². The molecular weight excluding hydrogens is 234 g/mol. The van der Waals surface area contributed by atoms with Crippen LogP contribution in [0.15, 0.2) is 48.5 Å². The van der Waals surface area contributed by atoms with Gasteiger partial charge in [0.2, 0.25) is 0 Å². The van der Waals surface area contributed by atoms with Gasteiger partial charge in [0, 0.05) is 6.42 Å². The van der Waals surface area contributed by atoms with Crippen LogP contribution in [0.25, 0.3) is 0 Å². The second-order valence-electron chi connectivity index (χ2n) is 5.13. The summed E-state index contributed by atoms with van der Waals surface area (Å²) in [5.74, 6) is 0. The van der Waals surface area contributed by atoms with E-state index in [1.165, 1.54) is 11.1 Å². The van der Waals surface area contributed by atoms with Gasteiger partial charge in [-0.3, -0.25) is 0 Å². The number of hydrogen-bond donors (Lipinski definition) is 2. The molecule has 2 nitrogen and oxygen atoms in total. The summed E-state index contributed by atoms with van der Waals surface area (Å²) in [7, 11) is 0. The highest BCUT2D eigenvalue weighted by Crippen LogP contribution is 2.20. The van der Waals surface area contributed by atoms with Crippen LogP contribution < -0.4 is 5.73 Å². The molecule has 0 aliphatic carbocycles. The minimum Gasteiger partial charge on any atom is -0.391 e. The highest BCUT2D eigenvalue weighted by molar-refractivity contribution is 5.32. The van der Waals surface area contributed by atoms with Gasteiger partial charge in [0.25, 0.3) is 0 Å². The van der Waals surface area contributed by atoms with Gasteiger partial charge in [-0.1, -0.05) is 48.5 Å². The third-order valence-electron chi connectivity index (χ3n) is 3.62. The summed E-state index contributed by atoms with van der Waals surface area (Å²) in [5.41, 5.74) is 10.7. The molecule has 2 rings (SSSR count). The second kappa shape index (κ2) is 6.00. The minimum absolute atomic E-state index is 0.348. The monoisotopic (exact) mass is 255 g/mol. The smallest absolute Gasteiger partial charge is 0.0773 e. The second-order valence-corrected chi connectivity index (χ2v) is 5.13. The molecular formula is C17H21NO. The molecule has 2 atom stereocenters. The first-order valence-corrected chi connectivity index (χ1v) is 6.62. The minimum atomic E-state index is -0.565. The fourth-order valence-corrected chi connectivity index (χ4v) is 2.18. The van der Waals surface area contributed by atoms with Crippen LogP contribution in [0.4, 0.5) is 0 Å². The molecule has 0 fully saturated rings. The van der Waals surface area contributed by atoms with Gasteiger partial charge in [0.1, 0.15) is 0 Å². The van der Waals surface area contributed by atoms with Crippen molar-refractivity contribution in [2.75, 3.05) is 0 Å². The third kappa shape index (κ3) is 3.43. The number of aliphatic hydroxyl groups excluding tert-OH is 1. The van der Waals surface area contributed by atoms with Crippen LogP contribution >= 0.6 is 0 Å². The van der Waals surface area contributed by atoms with E-state index in [2.05, 4.69) is 26.0 Å². The zero-order chi connectivity index (χ0) is 13.8. The Morgan fingerprint density at radius 1 is 1.00 bits per heavy atom. The lowest BCUT2D eigenvalue weighted by Gasteiger charge is -2.20. The van der Waals surface area contributed by atoms with Crippen molar-refractivity contribution in [2.45, 2.75) is 32.4 Å². The van der Waals surface area contributed by atoms with Crippen LogP contribution in [0.1, 0.15) is 28.3 Å². The lowest BCUT2D eigenvalue weighted by atomic mass is 9.94. The van der Waals surface area contributed by atoms with E-state index in [1.807, 2.05) is 36.4 Å². The van der Waals surface area contributed by atoms with Crippen molar-refractivity contribution in [2.24, 2.45) is 5.73 Å². The van der Waals surface area contributed by atoms with Crippen molar-refractivity contribution < 1.29 is 5.11 Å². The van der Waals surface area contributed by atoms with Gasteiger partial charge in [0.15, 0.2) is 0 Å². The first-order chi connectivity index (χ1) is 9.08. The summed E-state index contributed by atoms with van der Waals surface area (Å²) in [6.45, 7) is 4.14. The van der Waals surface area contributed by atoms with Gasteiger partial charge in [0.05, 0.1) is 12.1 Å². The van der Waals surface area contributed by atoms with E-state index in [0.29, 0.717) is 6.42 Å². The Kier molecular flexibility index (Phi) is 4.35. The summed E-state index contributed by atoms with van der Waals surface area (Å²) in [6, 6.07) is 15.7. The number of nitrogens with two attached hydrogens (primary N) is 1. The average Bonchev–Trinajstić information content (AvgIpc) is 2.42. The first kappa shape index (κ1) is 13.8. The summed E-state index contributed by atoms with van der Waals surface area (Å²) >= 11 is 0. The highest BCUT2D eigenvalue weighted by atomic mass is 16.3. The number of rotatable bonds is 4. The Labute approximate surface area is 114 Å². The average molecular weight is 255 g/mol. The molecule has 19 heavy (non-hydrogen) atoms. The Morgan fingerprint density at radius 3 is 2.32 bits per heavy atom. The van der Waals surface area contributed by atoms with Gasteiger partial charge in [-0.25, -0.2) is 0 Å². The molecule has 2 aromatic carbocycles. The number of aryl methyl sites for hydroxylation is 2. The van der Waals surface area contributed by atoms with Crippen LogP contribution in [0.2, 0.25) is 0 Å². The molecule has 0 unspecified atom stereocenters. The van der Waals surface area contributed by atoms with E-state index < -0.39 is 6.10 Å². The fourth-order valence-electron chi connectivity index (χ4n) is 2.18. The maximum atomic E-state index is 10.3. The summed E-state index contributed by atoms with van der Waals surface area (Å²) in [4.78, 5) is 0. The molecule has 2 aromatic rings. The van der Waals surface area contributed by atoms with E-state index >= 15 is 0 Å². The normalized spacial score (nSPS) is 14.1. The predicted molar refractivity (Wildman–Crippen MR) is 79.0 cm³/mol. The van der Waals surface area contributed by atoms with E-state index in [-0.39, 0.29) is 6.04 Å². The predicted octanol–water partition coefficient (Wildman–Crippen LogP) is 2.91. The van der Waals surface area contributed by atoms with Crippen LogP contribution in [-0.4, -0.2) is 11.2 Å². The Balaban J connectivity index is 2.10. The maximum absolute atomic E-state index is 10.3. The molecule has 0 bridgehead atoms. The standard InChI is InChI=1S/C17H21NO/c1-12-8-9-15(10-13(12)2)17(18)16(19)11-14-6-4-3-5-7-14/h3-10,16-17,19H,11,18H2,1-2H3/t16-,17+/m0/s1. The van der Waals surface area contributed by atoms with Gasteiger partial charge in [-0.15, -0.1) is 0 Å². The zero-order valence-corrected chi connectivity index (χ0v) is 11.5. The number of hydrogen-bond acceptors (Lipinski definition) is 2. The summed E-state index contributed by atoms with van der Waals surface area (Å²) < 4.78 is 0. The maximum Gasteiger partial charge on any atom is 0.0773 e. The Hall–Kier alpha value is -1.64. The molecule has 0 aromatic heterocycles. The largest absolute Gasteiger partial charge is 0.391 e. The number of benzene rings is 2. The quantitative estimate of drug-likeness (QED) is 0.882.